The van der Waals surface area contributed by atoms with Crippen molar-refractivity contribution in [3.8, 4) is 5.75 Å². The molecule has 1 rings (SSSR count). The van der Waals surface area contributed by atoms with Gasteiger partial charge in [-0.25, -0.2) is 0 Å². The molecule has 0 aliphatic heterocycles. The second-order valence-corrected chi connectivity index (χ2v) is 5.40. The van der Waals surface area contributed by atoms with Gasteiger partial charge in [0.05, 0.1) is 12.2 Å². The van der Waals surface area contributed by atoms with Gasteiger partial charge in [0.15, 0.2) is 6.10 Å². The summed E-state index contributed by atoms with van der Waals surface area (Å²) in [5.41, 5.74) is 6.24. The lowest BCUT2D eigenvalue weighted by Crippen LogP contribution is -2.38. The van der Waals surface area contributed by atoms with Gasteiger partial charge in [-0.05, 0) is 25.1 Å². The zero-order valence-electron chi connectivity index (χ0n) is 11.3. The van der Waals surface area contributed by atoms with Gasteiger partial charge >= 0.3 is 0 Å². The molecule has 0 fully saturated rings. The van der Waals surface area contributed by atoms with Crippen LogP contribution in [0.3, 0.4) is 0 Å². The van der Waals surface area contributed by atoms with Crippen LogP contribution < -0.4 is 15.8 Å². The molecule has 7 heteroatoms. The van der Waals surface area contributed by atoms with E-state index in [4.69, 9.17) is 27.4 Å². The number of hydrogen-bond donors (Lipinski definition) is 2. The van der Waals surface area contributed by atoms with Crippen LogP contribution in [-0.4, -0.2) is 37.3 Å². The maximum atomic E-state index is 11.8. The Kier molecular flexibility index (Phi) is 6.90. The van der Waals surface area contributed by atoms with Crippen LogP contribution in [0.2, 0.25) is 0 Å². The Labute approximate surface area is 131 Å². The zero-order chi connectivity index (χ0) is 15.1. The number of ether oxygens (including phenoxy) is 2. The number of nitrogens with one attached hydrogen (secondary N) is 1. The summed E-state index contributed by atoms with van der Waals surface area (Å²) in [6.45, 7) is 2.55. The van der Waals surface area contributed by atoms with Crippen LogP contribution in [-0.2, 0) is 9.53 Å². The second kappa shape index (κ2) is 8.18. The third kappa shape index (κ3) is 5.07. The molecule has 20 heavy (non-hydrogen) atoms. The van der Waals surface area contributed by atoms with Crippen molar-refractivity contribution in [2.45, 2.75) is 13.0 Å². The molecule has 0 aliphatic rings. The number of thiocarbonyl (C=S) groups is 1. The first kappa shape index (κ1) is 16.9. The van der Waals surface area contributed by atoms with Gasteiger partial charge in [0.2, 0.25) is 0 Å². The minimum atomic E-state index is -0.652. The quantitative estimate of drug-likeness (QED) is 0.570. The van der Waals surface area contributed by atoms with E-state index in [-0.39, 0.29) is 10.9 Å². The van der Waals surface area contributed by atoms with Gasteiger partial charge < -0.3 is 20.5 Å². The van der Waals surface area contributed by atoms with Crippen molar-refractivity contribution in [2.24, 2.45) is 5.73 Å². The maximum Gasteiger partial charge on any atom is 0.260 e. The number of rotatable bonds is 7. The standard InChI is InChI=1S/C13H17BrN2O3S/c1-8(13(17)16-5-6-18-2)19-11-4-3-9(14)7-10(11)12(15)20/h3-4,7-8H,5-6H2,1-2H3,(H2,15,20)(H,16,17). The molecule has 0 saturated carbocycles. The summed E-state index contributed by atoms with van der Waals surface area (Å²) in [6, 6.07) is 5.28. The third-order valence-corrected chi connectivity index (χ3v) is 3.20. The smallest absolute Gasteiger partial charge is 0.260 e. The van der Waals surface area contributed by atoms with Crippen LogP contribution in [0.15, 0.2) is 22.7 Å². The summed E-state index contributed by atoms with van der Waals surface area (Å²) in [7, 11) is 1.57. The molecule has 5 nitrogen and oxygen atoms in total. The Morgan fingerprint density at radius 2 is 2.25 bits per heavy atom. The Morgan fingerprint density at radius 3 is 2.85 bits per heavy atom. The van der Waals surface area contributed by atoms with E-state index in [1.807, 2.05) is 0 Å². The Balaban J connectivity index is 2.72. The average molecular weight is 361 g/mol. The number of carbonyl (C=O) groups is 1. The van der Waals surface area contributed by atoms with Crippen molar-refractivity contribution in [1.29, 1.82) is 0 Å². The Bertz CT molecular complexity index is 497. The van der Waals surface area contributed by atoms with E-state index in [1.165, 1.54) is 0 Å². The Hall–Kier alpha value is -1.18. The van der Waals surface area contributed by atoms with Crippen molar-refractivity contribution in [2.75, 3.05) is 20.3 Å². The van der Waals surface area contributed by atoms with Crippen molar-refractivity contribution in [3.63, 3.8) is 0 Å². The molecule has 0 aromatic heterocycles. The number of methoxy groups -OCH3 is 1. The molecule has 0 radical (unpaired) electrons. The largest absolute Gasteiger partial charge is 0.480 e. The maximum absolute atomic E-state index is 11.8. The van der Waals surface area contributed by atoms with Crippen LogP contribution in [0.1, 0.15) is 12.5 Å². The van der Waals surface area contributed by atoms with Crippen LogP contribution in [0.4, 0.5) is 0 Å². The van der Waals surface area contributed by atoms with Gasteiger partial charge in [-0.2, -0.15) is 0 Å². The number of nitrogens with two attached hydrogens (primary N) is 1. The van der Waals surface area contributed by atoms with Crippen molar-refractivity contribution >= 4 is 39.0 Å². The summed E-state index contributed by atoms with van der Waals surface area (Å²) < 4.78 is 11.3. The monoisotopic (exact) mass is 360 g/mol. The first-order valence-corrected chi connectivity index (χ1v) is 7.18. The third-order valence-electron chi connectivity index (χ3n) is 2.49. The summed E-state index contributed by atoms with van der Waals surface area (Å²) in [6.07, 6.45) is -0.652. The van der Waals surface area contributed by atoms with Crippen LogP contribution >= 0.6 is 28.1 Å². The molecular weight excluding hydrogens is 344 g/mol. The normalized spacial score (nSPS) is 11.8. The lowest BCUT2D eigenvalue weighted by Gasteiger charge is -2.17. The van der Waals surface area contributed by atoms with Gasteiger partial charge in [0, 0.05) is 18.1 Å². The van der Waals surface area contributed by atoms with E-state index in [1.54, 1.807) is 32.2 Å². The van der Waals surface area contributed by atoms with Gasteiger partial charge in [-0.15, -0.1) is 0 Å². The van der Waals surface area contributed by atoms with E-state index in [0.717, 1.165) is 4.47 Å². The van der Waals surface area contributed by atoms with E-state index in [0.29, 0.717) is 24.5 Å². The van der Waals surface area contributed by atoms with Crippen LogP contribution in [0.5, 0.6) is 5.75 Å². The fourth-order valence-corrected chi connectivity index (χ4v) is 1.98. The molecule has 0 spiro atoms. The molecule has 1 atom stereocenters. The van der Waals surface area contributed by atoms with Gasteiger partial charge in [0.25, 0.3) is 5.91 Å². The summed E-state index contributed by atoms with van der Waals surface area (Å²) in [4.78, 5) is 12.0. The molecule has 1 amide bonds. The summed E-state index contributed by atoms with van der Waals surface area (Å²) in [5.74, 6) is 0.258. The number of halogens is 1. The lowest BCUT2D eigenvalue weighted by atomic mass is 10.2. The van der Waals surface area contributed by atoms with Crippen molar-refractivity contribution in [3.05, 3.63) is 28.2 Å². The number of carbonyl (C=O) groups excluding carboxylic acids is 1. The van der Waals surface area contributed by atoms with Crippen molar-refractivity contribution < 1.29 is 14.3 Å². The highest BCUT2D eigenvalue weighted by molar-refractivity contribution is 9.10. The van der Waals surface area contributed by atoms with Gasteiger partial charge in [-0.1, -0.05) is 28.1 Å². The second-order valence-electron chi connectivity index (χ2n) is 4.05. The Morgan fingerprint density at radius 1 is 1.55 bits per heavy atom. The van der Waals surface area contributed by atoms with E-state index < -0.39 is 6.10 Å². The molecule has 3 N–H and O–H groups in total. The minimum absolute atomic E-state index is 0.216. The highest BCUT2D eigenvalue weighted by atomic mass is 79.9. The number of hydrogen-bond acceptors (Lipinski definition) is 4. The van der Waals surface area contributed by atoms with Gasteiger partial charge in [-0.3, -0.25) is 4.79 Å². The molecule has 1 aromatic carbocycles. The van der Waals surface area contributed by atoms with Crippen LogP contribution in [0.25, 0.3) is 0 Å². The first-order valence-electron chi connectivity index (χ1n) is 5.98. The molecule has 0 heterocycles. The predicted molar refractivity (Wildman–Crippen MR) is 85.0 cm³/mol. The molecule has 0 saturated heterocycles. The fraction of sp³-hybridized carbons (Fsp3) is 0.385. The molecule has 1 aromatic rings. The molecule has 0 bridgehead atoms. The zero-order valence-corrected chi connectivity index (χ0v) is 13.7. The molecular formula is C13H17BrN2O3S. The topological polar surface area (TPSA) is 73.6 Å². The molecule has 1 unspecified atom stereocenters. The lowest BCUT2D eigenvalue weighted by molar-refractivity contribution is -0.127. The average Bonchev–Trinajstić information content (AvgIpc) is 2.40. The summed E-state index contributed by atoms with van der Waals surface area (Å²) >= 11 is 8.31. The van der Waals surface area contributed by atoms with E-state index >= 15 is 0 Å². The molecule has 110 valence electrons. The van der Waals surface area contributed by atoms with E-state index in [9.17, 15) is 4.79 Å². The van der Waals surface area contributed by atoms with Crippen molar-refractivity contribution in [1.82, 2.24) is 5.32 Å². The minimum Gasteiger partial charge on any atom is -0.480 e. The SMILES string of the molecule is COCCNC(=O)C(C)Oc1ccc(Br)cc1C(N)=S. The number of benzene rings is 1. The predicted octanol–water partition coefficient (Wildman–Crippen LogP) is 1.61. The molecule has 0 aliphatic carbocycles. The highest BCUT2D eigenvalue weighted by Crippen LogP contribution is 2.24. The fourth-order valence-electron chi connectivity index (χ4n) is 1.46. The first-order chi connectivity index (χ1) is 9.45. The van der Waals surface area contributed by atoms with Crippen LogP contribution in [0, 0.1) is 0 Å². The van der Waals surface area contributed by atoms with E-state index in [2.05, 4.69) is 21.2 Å². The van der Waals surface area contributed by atoms with Gasteiger partial charge in [0.1, 0.15) is 10.7 Å². The number of amides is 1. The summed E-state index contributed by atoms with van der Waals surface area (Å²) in [5, 5.41) is 2.70. The highest BCUT2D eigenvalue weighted by Gasteiger charge is 2.16.